The molecule has 20 heavy (non-hydrogen) atoms. The molecule has 0 saturated heterocycles. The molecule has 0 aliphatic carbocycles. The van der Waals surface area contributed by atoms with E-state index in [0.717, 1.165) is 17.8 Å². The van der Waals surface area contributed by atoms with Crippen molar-refractivity contribution in [3.63, 3.8) is 0 Å². The van der Waals surface area contributed by atoms with Gasteiger partial charge in [0.05, 0.1) is 17.4 Å². The fourth-order valence-corrected chi connectivity index (χ4v) is 2.28. The van der Waals surface area contributed by atoms with Crippen molar-refractivity contribution in [3.05, 3.63) is 50.8 Å². The third kappa shape index (κ3) is 3.08. The first kappa shape index (κ1) is 14.7. The molecule has 3 N–H and O–H groups in total. The number of carbonyl (C=O) groups is 1. The van der Waals surface area contributed by atoms with Crippen LogP contribution < -0.4 is 11.1 Å². The van der Waals surface area contributed by atoms with Gasteiger partial charge in [-0.2, -0.15) is 0 Å². The van der Waals surface area contributed by atoms with Crippen LogP contribution in [-0.2, 0) is 0 Å². The quantitative estimate of drug-likeness (QED) is 0.858. The number of anilines is 2. The molecule has 0 atom stereocenters. The van der Waals surface area contributed by atoms with Crippen molar-refractivity contribution in [2.24, 2.45) is 0 Å². The standard InChI is InChI=1S/C13H10BrClFN3O/c1-6-2-9(14)11(4-10(6)15)19-13(20)8-3-7(16)5-18-12(8)17/h2-5H,1H3,(H2,17,18)(H,19,20). The van der Waals surface area contributed by atoms with Crippen molar-refractivity contribution in [1.82, 2.24) is 4.98 Å². The van der Waals surface area contributed by atoms with E-state index in [-0.39, 0.29) is 11.4 Å². The molecule has 0 fully saturated rings. The van der Waals surface area contributed by atoms with E-state index in [0.29, 0.717) is 15.2 Å². The number of nitrogens with two attached hydrogens (primary N) is 1. The number of nitrogens with one attached hydrogen (secondary N) is 1. The number of pyridine rings is 1. The first-order chi connectivity index (χ1) is 9.38. The summed E-state index contributed by atoms with van der Waals surface area (Å²) in [5.74, 6) is -1.24. The molecule has 1 heterocycles. The molecule has 1 amide bonds. The second kappa shape index (κ2) is 5.76. The van der Waals surface area contributed by atoms with E-state index in [9.17, 15) is 9.18 Å². The second-order valence-electron chi connectivity index (χ2n) is 4.12. The Morgan fingerprint density at radius 1 is 1.45 bits per heavy atom. The van der Waals surface area contributed by atoms with Crippen LogP contribution in [0.5, 0.6) is 0 Å². The van der Waals surface area contributed by atoms with E-state index in [2.05, 4.69) is 26.2 Å². The molecule has 0 bridgehead atoms. The Balaban J connectivity index is 2.32. The van der Waals surface area contributed by atoms with E-state index in [1.807, 2.05) is 6.92 Å². The fourth-order valence-electron chi connectivity index (χ4n) is 1.56. The van der Waals surface area contributed by atoms with Crippen molar-refractivity contribution in [3.8, 4) is 0 Å². The Morgan fingerprint density at radius 3 is 2.85 bits per heavy atom. The van der Waals surface area contributed by atoms with E-state index >= 15 is 0 Å². The van der Waals surface area contributed by atoms with Gasteiger partial charge in [0.1, 0.15) is 11.6 Å². The summed E-state index contributed by atoms with van der Waals surface area (Å²) in [5, 5.41) is 3.11. The maximum atomic E-state index is 13.1. The van der Waals surface area contributed by atoms with Crippen LogP contribution in [-0.4, -0.2) is 10.9 Å². The Bertz CT molecular complexity index is 694. The minimum atomic E-state index is -0.634. The number of hydrogen-bond acceptors (Lipinski definition) is 3. The van der Waals surface area contributed by atoms with Gasteiger partial charge in [-0.15, -0.1) is 0 Å². The van der Waals surface area contributed by atoms with Crippen molar-refractivity contribution >= 4 is 44.9 Å². The van der Waals surface area contributed by atoms with Gasteiger partial charge in [-0.1, -0.05) is 11.6 Å². The maximum Gasteiger partial charge on any atom is 0.259 e. The van der Waals surface area contributed by atoms with Crippen molar-refractivity contribution in [2.75, 3.05) is 11.1 Å². The predicted octanol–water partition coefficient (Wildman–Crippen LogP) is 3.78. The molecule has 0 aliphatic rings. The van der Waals surface area contributed by atoms with Crippen LogP contribution in [0.3, 0.4) is 0 Å². The number of aromatic nitrogens is 1. The number of nitrogens with zero attached hydrogens (tertiary/aromatic N) is 1. The number of halogens is 3. The topological polar surface area (TPSA) is 68.0 Å². The molecule has 1 aromatic carbocycles. The minimum absolute atomic E-state index is 0.0337. The van der Waals surface area contributed by atoms with E-state index < -0.39 is 11.7 Å². The molecule has 104 valence electrons. The molecule has 0 radical (unpaired) electrons. The van der Waals surface area contributed by atoms with E-state index in [1.165, 1.54) is 0 Å². The average molecular weight is 359 g/mol. The molecule has 4 nitrogen and oxygen atoms in total. The van der Waals surface area contributed by atoms with Gasteiger partial charge in [0.15, 0.2) is 0 Å². The molecule has 0 spiro atoms. The summed E-state index contributed by atoms with van der Waals surface area (Å²) in [6.07, 6.45) is 0.949. The molecular weight excluding hydrogens is 349 g/mol. The molecule has 0 saturated carbocycles. The van der Waals surface area contributed by atoms with Crippen LogP contribution in [0.2, 0.25) is 5.02 Å². The Hall–Kier alpha value is -1.66. The Morgan fingerprint density at radius 2 is 2.15 bits per heavy atom. The molecule has 1 aromatic heterocycles. The van der Waals surface area contributed by atoms with Crippen LogP contribution >= 0.6 is 27.5 Å². The molecule has 2 rings (SSSR count). The summed E-state index contributed by atoms with van der Waals surface area (Å²) in [5.41, 5.74) is 6.86. The highest BCUT2D eigenvalue weighted by Gasteiger charge is 2.14. The zero-order valence-electron chi connectivity index (χ0n) is 10.4. The highest BCUT2D eigenvalue weighted by molar-refractivity contribution is 9.10. The molecule has 2 aromatic rings. The highest BCUT2D eigenvalue weighted by Crippen LogP contribution is 2.29. The largest absolute Gasteiger partial charge is 0.383 e. The van der Waals surface area contributed by atoms with Gasteiger partial charge < -0.3 is 11.1 Å². The Labute approximate surface area is 128 Å². The van der Waals surface area contributed by atoms with Gasteiger partial charge in [-0.05, 0) is 46.6 Å². The minimum Gasteiger partial charge on any atom is -0.383 e. The lowest BCUT2D eigenvalue weighted by Crippen LogP contribution is -2.15. The predicted molar refractivity (Wildman–Crippen MR) is 80.4 cm³/mol. The second-order valence-corrected chi connectivity index (χ2v) is 5.38. The monoisotopic (exact) mass is 357 g/mol. The van der Waals surface area contributed by atoms with Crippen LogP contribution in [0.15, 0.2) is 28.9 Å². The lowest BCUT2D eigenvalue weighted by molar-refractivity contribution is 0.102. The molecular formula is C13H10BrClFN3O. The lowest BCUT2D eigenvalue weighted by Gasteiger charge is -2.10. The first-order valence-corrected chi connectivity index (χ1v) is 6.73. The SMILES string of the molecule is Cc1cc(Br)c(NC(=O)c2cc(F)cnc2N)cc1Cl. The van der Waals surface area contributed by atoms with Crippen molar-refractivity contribution in [1.29, 1.82) is 0 Å². The summed E-state index contributed by atoms with van der Waals surface area (Å²) in [6, 6.07) is 4.40. The van der Waals surface area contributed by atoms with Crippen LogP contribution in [0.25, 0.3) is 0 Å². The lowest BCUT2D eigenvalue weighted by atomic mass is 10.2. The summed E-state index contributed by atoms with van der Waals surface area (Å²) in [7, 11) is 0. The maximum absolute atomic E-state index is 13.1. The molecule has 0 aliphatic heterocycles. The average Bonchev–Trinajstić information content (AvgIpc) is 2.38. The summed E-state index contributed by atoms with van der Waals surface area (Å²) >= 11 is 9.32. The number of rotatable bonds is 2. The summed E-state index contributed by atoms with van der Waals surface area (Å²) < 4.78 is 13.8. The van der Waals surface area contributed by atoms with Crippen LogP contribution in [0.4, 0.5) is 15.9 Å². The van der Waals surface area contributed by atoms with E-state index in [4.69, 9.17) is 17.3 Å². The van der Waals surface area contributed by atoms with Crippen LogP contribution in [0, 0.1) is 12.7 Å². The number of amides is 1. The van der Waals surface area contributed by atoms with Gasteiger partial charge in [-0.25, -0.2) is 9.37 Å². The Kier molecular flexibility index (Phi) is 4.25. The molecule has 7 heteroatoms. The van der Waals surface area contributed by atoms with Crippen molar-refractivity contribution < 1.29 is 9.18 Å². The summed E-state index contributed by atoms with van der Waals surface area (Å²) in [4.78, 5) is 15.7. The normalized spacial score (nSPS) is 10.4. The first-order valence-electron chi connectivity index (χ1n) is 5.56. The zero-order chi connectivity index (χ0) is 14.9. The van der Waals surface area contributed by atoms with Gasteiger partial charge in [0.2, 0.25) is 0 Å². The number of nitrogen functional groups attached to an aromatic ring is 1. The van der Waals surface area contributed by atoms with Gasteiger partial charge >= 0.3 is 0 Å². The number of carbonyl (C=O) groups excluding carboxylic acids is 1. The summed E-state index contributed by atoms with van der Waals surface area (Å²) in [6.45, 7) is 1.84. The van der Waals surface area contributed by atoms with Crippen LogP contribution in [0.1, 0.15) is 15.9 Å². The number of benzene rings is 1. The zero-order valence-corrected chi connectivity index (χ0v) is 12.7. The number of aryl methyl sites for hydroxylation is 1. The highest BCUT2D eigenvalue weighted by atomic mass is 79.9. The van der Waals surface area contributed by atoms with Gasteiger partial charge in [0, 0.05) is 9.50 Å². The fraction of sp³-hybridized carbons (Fsp3) is 0.0769. The van der Waals surface area contributed by atoms with E-state index in [1.54, 1.807) is 12.1 Å². The smallest absolute Gasteiger partial charge is 0.259 e. The van der Waals surface area contributed by atoms with Gasteiger partial charge in [-0.3, -0.25) is 4.79 Å². The third-order valence-corrected chi connectivity index (χ3v) is 3.69. The molecule has 0 unspecified atom stereocenters. The van der Waals surface area contributed by atoms with Crippen molar-refractivity contribution in [2.45, 2.75) is 6.92 Å². The van der Waals surface area contributed by atoms with Gasteiger partial charge in [0.25, 0.3) is 5.91 Å². The number of hydrogen-bond donors (Lipinski definition) is 2. The third-order valence-electron chi connectivity index (χ3n) is 2.63.